The highest BCUT2D eigenvalue weighted by molar-refractivity contribution is 5.98. The smallest absolute Gasteiger partial charge is 0.165 e. The third kappa shape index (κ3) is 2.45. The van der Waals surface area contributed by atoms with E-state index in [-0.39, 0.29) is 17.1 Å². The molecular weight excluding hydrogens is 196 g/mol. The molecule has 0 aromatic heterocycles. The second kappa shape index (κ2) is 4.57. The molecule has 0 aromatic carbocycles. The van der Waals surface area contributed by atoms with Gasteiger partial charge in [0.1, 0.15) is 0 Å². The Morgan fingerprint density at radius 2 is 2.06 bits per heavy atom. The summed E-state index contributed by atoms with van der Waals surface area (Å²) in [6, 6.07) is 0. The topological polar surface area (TPSA) is 17.1 Å². The van der Waals surface area contributed by atoms with E-state index in [1.165, 1.54) is 0 Å². The fraction of sp³-hybridized carbons (Fsp3) is 0.667. The monoisotopic (exact) mass is 220 g/mol. The van der Waals surface area contributed by atoms with Gasteiger partial charge in [0.2, 0.25) is 0 Å². The van der Waals surface area contributed by atoms with Gasteiger partial charge in [-0.15, -0.1) is 0 Å². The molecule has 1 heteroatoms. The summed E-state index contributed by atoms with van der Waals surface area (Å²) in [7, 11) is 0. The fourth-order valence-electron chi connectivity index (χ4n) is 3.12. The van der Waals surface area contributed by atoms with E-state index in [9.17, 15) is 4.79 Å². The summed E-state index contributed by atoms with van der Waals surface area (Å²) in [5.74, 6) is 0.932. The number of allylic oxidation sites excluding steroid dienone is 3. The Kier molecular flexibility index (Phi) is 3.77. The molecule has 0 saturated heterocycles. The molecule has 1 fully saturated rings. The lowest BCUT2D eigenvalue weighted by molar-refractivity contribution is -0.122. The lowest BCUT2D eigenvalue weighted by atomic mass is 9.61. The van der Waals surface area contributed by atoms with E-state index < -0.39 is 0 Å². The first kappa shape index (κ1) is 13.2. The van der Waals surface area contributed by atoms with Crippen LogP contribution in [0, 0.1) is 17.3 Å². The highest BCUT2D eigenvalue weighted by atomic mass is 16.1. The summed E-state index contributed by atoms with van der Waals surface area (Å²) in [6.45, 7) is 14.6. The summed E-state index contributed by atoms with van der Waals surface area (Å²) < 4.78 is 0. The third-order valence-corrected chi connectivity index (χ3v) is 3.76. The van der Waals surface area contributed by atoms with Crippen molar-refractivity contribution in [1.29, 1.82) is 0 Å². The Balaban J connectivity index is 3.02. The van der Waals surface area contributed by atoms with Gasteiger partial charge in [-0.3, -0.25) is 4.79 Å². The normalized spacial score (nSPS) is 30.3. The largest absolute Gasteiger partial charge is 0.294 e. The quantitative estimate of drug-likeness (QED) is 0.504. The Hall–Kier alpha value is -0.850. The van der Waals surface area contributed by atoms with Gasteiger partial charge in [0.15, 0.2) is 5.78 Å². The van der Waals surface area contributed by atoms with Gasteiger partial charge in [-0.1, -0.05) is 39.0 Å². The Bertz CT molecular complexity index is 333. The van der Waals surface area contributed by atoms with Crippen LogP contribution in [-0.2, 0) is 4.79 Å². The maximum Gasteiger partial charge on any atom is 0.165 e. The maximum atomic E-state index is 12.3. The predicted molar refractivity (Wildman–Crippen MR) is 69.2 cm³/mol. The molecule has 2 atom stereocenters. The molecule has 1 nitrogen and oxygen atoms in total. The zero-order chi connectivity index (χ0) is 12.5. The van der Waals surface area contributed by atoms with E-state index in [1.807, 2.05) is 19.9 Å². The molecular formula is C15H24O. The molecule has 0 aliphatic heterocycles. The van der Waals surface area contributed by atoms with Crippen LogP contribution in [0.3, 0.4) is 0 Å². The Labute approximate surface area is 99.6 Å². The number of ketones is 1. The number of carbonyl (C=O) groups excluding carboxylic acids is 1. The van der Waals surface area contributed by atoms with E-state index in [0.29, 0.717) is 5.92 Å². The van der Waals surface area contributed by atoms with Crippen LogP contribution in [0.15, 0.2) is 23.8 Å². The first-order valence-corrected chi connectivity index (χ1v) is 6.14. The van der Waals surface area contributed by atoms with Crippen LogP contribution in [0.5, 0.6) is 0 Å². The first-order valence-electron chi connectivity index (χ1n) is 6.14. The van der Waals surface area contributed by atoms with Crippen LogP contribution in [0.4, 0.5) is 0 Å². The summed E-state index contributed by atoms with van der Waals surface area (Å²) in [5.41, 5.74) is 2.04. The van der Waals surface area contributed by atoms with Gasteiger partial charge in [-0.25, -0.2) is 0 Å². The number of rotatable bonds is 2. The lowest BCUT2D eigenvalue weighted by Gasteiger charge is -2.42. The van der Waals surface area contributed by atoms with Crippen molar-refractivity contribution in [2.45, 2.75) is 47.5 Å². The summed E-state index contributed by atoms with van der Waals surface area (Å²) in [6.07, 6.45) is 4.01. The van der Waals surface area contributed by atoms with Crippen molar-refractivity contribution >= 4 is 5.78 Å². The highest BCUT2D eigenvalue weighted by Crippen LogP contribution is 2.46. The fourth-order valence-corrected chi connectivity index (χ4v) is 3.12. The van der Waals surface area contributed by atoms with Crippen LogP contribution in [-0.4, -0.2) is 5.78 Å². The minimum atomic E-state index is 0.0138. The molecule has 90 valence electrons. The summed E-state index contributed by atoms with van der Waals surface area (Å²) in [5, 5.41) is 0. The van der Waals surface area contributed by atoms with E-state index >= 15 is 0 Å². The molecule has 0 aromatic rings. The number of hydrogen-bond donors (Lipinski definition) is 0. The van der Waals surface area contributed by atoms with E-state index in [1.54, 1.807) is 0 Å². The van der Waals surface area contributed by atoms with Gasteiger partial charge >= 0.3 is 0 Å². The zero-order valence-electron chi connectivity index (χ0n) is 11.3. The average Bonchev–Trinajstić information content (AvgIpc) is 2.13. The molecule has 0 N–H and O–H groups in total. The zero-order valence-corrected chi connectivity index (χ0v) is 11.3. The van der Waals surface area contributed by atoms with E-state index in [0.717, 1.165) is 24.0 Å². The maximum absolute atomic E-state index is 12.3. The van der Waals surface area contributed by atoms with Crippen LogP contribution in [0.2, 0.25) is 0 Å². The minimum Gasteiger partial charge on any atom is -0.294 e. The van der Waals surface area contributed by atoms with Gasteiger partial charge < -0.3 is 0 Å². The Morgan fingerprint density at radius 3 is 2.50 bits per heavy atom. The van der Waals surface area contributed by atoms with Crippen molar-refractivity contribution in [3.05, 3.63) is 23.8 Å². The van der Waals surface area contributed by atoms with Crippen molar-refractivity contribution in [1.82, 2.24) is 0 Å². The molecule has 1 aliphatic carbocycles. The molecule has 0 radical (unpaired) electrons. The second-order valence-corrected chi connectivity index (χ2v) is 5.93. The number of Topliss-reactive ketones (excluding diaryl/α,β-unsaturated/α-hetero) is 1. The molecule has 1 rings (SSSR count). The predicted octanol–water partition coefficient (Wildman–Crippen LogP) is 4.15. The van der Waals surface area contributed by atoms with Gasteiger partial charge in [0, 0.05) is 5.92 Å². The van der Waals surface area contributed by atoms with E-state index in [2.05, 4.69) is 27.4 Å². The first-order chi connectivity index (χ1) is 7.29. The molecule has 1 saturated carbocycles. The standard InChI is InChI=1S/C15H24O/c1-7-11(3)14(16)13-12(4)8-10(2)9-15(13,5)6/h7,10,13H,4,8-9H2,1-3,5-6H3/t10-,13+/m1/s1. The molecule has 0 bridgehead atoms. The van der Waals surface area contributed by atoms with Crippen molar-refractivity contribution in [2.75, 3.05) is 0 Å². The van der Waals surface area contributed by atoms with Gasteiger partial charge in [-0.2, -0.15) is 0 Å². The Morgan fingerprint density at radius 1 is 1.50 bits per heavy atom. The van der Waals surface area contributed by atoms with Crippen molar-refractivity contribution in [2.24, 2.45) is 17.3 Å². The molecule has 16 heavy (non-hydrogen) atoms. The molecule has 0 spiro atoms. The SMILES string of the molecule is C=C1C[C@@H](C)CC(C)(C)[C@@H]1C(=O)C(C)=CC. The summed E-state index contributed by atoms with van der Waals surface area (Å²) >= 11 is 0. The summed E-state index contributed by atoms with van der Waals surface area (Å²) in [4.78, 5) is 12.3. The lowest BCUT2D eigenvalue weighted by Crippen LogP contribution is -2.38. The molecule has 0 amide bonds. The van der Waals surface area contributed by atoms with Crippen molar-refractivity contribution in [3.63, 3.8) is 0 Å². The van der Waals surface area contributed by atoms with Crippen LogP contribution in [0.25, 0.3) is 0 Å². The van der Waals surface area contributed by atoms with E-state index in [4.69, 9.17) is 0 Å². The van der Waals surface area contributed by atoms with Crippen molar-refractivity contribution < 1.29 is 4.79 Å². The van der Waals surface area contributed by atoms with Gasteiger partial charge in [0.05, 0.1) is 0 Å². The van der Waals surface area contributed by atoms with Gasteiger partial charge in [0.25, 0.3) is 0 Å². The molecule has 0 unspecified atom stereocenters. The van der Waals surface area contributed by atoms with Crippen LogP contribution < -0.4 is 0 Å². The highest BCUT2D eigenvalue weighted by Gasteiger charge is 2.41. The minimum absolute atomic E-state index is 0.0138. The van der Waals surface area contributed by atoms with Crippen LogP contribution in [0.1, 0.15) is 47.5 Å². The molecule has 0 heterocycles. The average molecular weight is 220 g/mol. The molecule has 1 aliphatic rings. The van der Waals surface area contributed by atoms with Crippen LogP contribution >= 0.6 is 0 Å². The second-order valence-electron chi connectivity index (χ2n) is 5.93. The number of hydrogen-bond acceptors (Lipinski definition) is 1. The third-order valence-electron chi connectivity index (χ3n) is 3.76. The van der Waals surface area contributed by atoms with Gasteiger partial charge in [-0.05, 0) is 43.6 Å². The number of carbonyl (C=O) groups is 1. The van der Waals surface area contributed by atoms with Crippen molar-refractivity contribution in [3.8, 4) is 0 Å².